The van der Waals surface area contributed by atoms with Gasteiger partial charge in [-0.25, -0.2) is 0 Å². The van der Waals surface area contributed by atoms with E-state index in [4.69, 9.17) is 0 Å². The third kappa shape index (κ3) is 5.00. The van der Waals surface area contributed by atoms with E-state index in [0.717, 1.165) is 5.56 Å². The summed E-state index contributed by atoms with van der Waals surface area (Å²) < 4.78 is 0. The van der Waals surface area contributed by atoms with Crippen LogP contribution in [0.4, 0.5) is 0 Å². The maximum absolute atomic E-state index is 11.2. The Morgan fingerprint density at radius 3 is 2.05 bits per heavy atom. The molecule has 1 heterocycles. The van der Waals surface area contributed by atoms with Crippen LogP contribution in [0, 0.1) is 0 Å². The Balaban J connectivity index is 0.000000399. The molecule has 0 atom stereocenters. The second-order valence-electron chi connectivity index (χ2n) is 3.63. The maximum atomic E-state index is 11.2. The quantitative estimate of drug-likeness (QED) is 0.665. The van der Waals surface area contributed by atoms with Crippen molar-refractivity contribution in [1.82, 2.24) is 5.32 Å². The third-order valence-electron chi connectivity index (χ3n) is 2.21. The van der Waals surface area contributed by atoms with Gasteiger partial charge in [-0.2, -0.15) is 0 Å². The summed E-state index contributed by atoms with van der Waals surface area (Å²) in [7, 11) is 0. The number of benzene rings is 1. The van der Waals surface area contributed by atoms with Crippen LogP contribution in [-0.2, 0) is 9.59 Å². The van der Waals surface area contributed by atoms with Gasteiger partial charge in [-0.3, -0.25) is 14.9 Å². The molecule has 0 aliphatic carbocycles. The molecule has 96 valence electrons. The molecular formula is C16H15NO2. The predicted octanol–water partition coefficient (Wildman–Crippen LogP) is 2.64. The number of allylic oxidation sites excluding steroid dienone is 2. The molecule has 0 unspecified atom stereocenters. The van der Waals surface area contributed by atoms with E-state index in [-0.39, 0.29) is 11.8 Å². The molecule has 2 amide bonds. The normalized spacial score (nSPS) is 13.4. The molecular weight excluding hydrogens is 238 g/mol. The highest BCUT2D eigenvalue weighted by molar-refractivity contribution is 6.18. The molecule has 1 N–H and O–H groups in total. The first-order valence-electron chi connectivity index (χ1n) is 5.71. The molecule has 19 heavy (non-hydrogen) atoms. The third-order valence-corrected chi connectivity index (χ3v) is 2.21. The minimum Gasteiger partial charge on any atom is -0.289 e. The fourth-order valence-corrected chi connectivity index (χ4v) is 1.30. The zero-order valence-corrected chi connectivity index (χ0v) is 10.5. The average molecular weight is 253 g/mol. The Morgan fingerprint density at radius 1 is 0.947 bits per heavy atom. The Bertz CT molecular complexity index is 533. The molecule has 1 aromatic carbocycles. The Kier molecular flexibility index (Phi) is 5.76. The SMILES string of the molecule is C=CC=C.O=C1C=C(C=Cc2ccccc2)C(=O)N1. The van der Waals surface area contributed by atoms with Crippen molar-refractivity contribution in [2.24, 2.45) is 0 Å². The van der Waals surface area contributed by atoms with Crippen molar-refractivity contribution < 1.29 is 9.59 Å². The van der Waals surface area contributed by atoms with Gasteiger partial charge in [0.2, 0.25) is 0 Å². The number of hydrogen-bond donors (Lipinski definition) is 1. The van der Waals surface area contributed by atoms with Crippen LogP contribution in [-0.4, -0.2) is 11.8 Å². The first-order chi connectivity index (χ1) is 9.17. The van der Waals surface area contributed by atoms with Gasteiger partial charge in [-0.1, -0.05) is 61.7 Å². The highest BCUT2D eigenvalue weighted by Gasteiger charge is 2.17. The molecule has 0 fully saturated rings. The molecule has 1 aliphatic heterocycles. The topological polar surface area (TPSA) is 46.2 Å². The monoisotopic (exact) mass is 253 g/mol. The smallest absolute Gasteiger partial charge is 0.258 e. The number of amides is 2. The molecule has 3 nitrogen and oxygen atoms in total. The predicted molar refractivity (Wildman–Crippen MR) is 77.1 cm³/mol. The van der Waals surface area contributed by atoms with Gasteiger partial charge in [-0.15, -0.1) is 0 Å². The second-order valence-corrected chi connectivity index (χ2v) is 3.63. The van der Waals surface area contributed by atoms with Crippen LogP contribution in [0.25, 0.3) is 6.08 Å². The average Bonchev–Trinajstić information content (AvgIpc) is 2.76. The van der Waals surface area contributed by atoms with E-state index in [0.29, 0.717) is 5.57 Å². The molecule has 2 rings (SSSR count). The highest BCUT2D eigenvalue weighted by Crippen LogP contribution is 2.08. The van der Waals surface area contributed by atoms with E-state index < -0.39 is 0 Å². The molecule has 0 saturated heterocycles. The van der Waals surface area contributed by atoms with E-state index in [1.54, 1.807) is 24.3 Å². The van der Waals surface area contributed by atoms with Gasteiger partial charge in [0.25, 0.3) is 11.8 Å². The summed E-state index contributed by atoms with van der Waals surface area (Å²) in [4.78, 5) is 22.0. The van der Waals surface area contributed by atoms with Crippen molar-refractivity contribution in [1.29, 1.82) is 0 Å². The van der Waals surface area contributed by atoms with Gasteiger partial charge in [0, 0.05) is 11.6 Å². The molecule has 1 aliphatic rings. The van der Waals surface area contributed by atoms with Crippen molar-refractivity contribution >= 4 is 17.9 Å². The molecule has 1 aromatic rings. The van der Waals surface area contributed by atoms with Crippen LogP contribution < -0.4 is 5.32 Å². The largest absolute Gasteiger partial charge is 0.289 e. The number of imide groups is 1. The number of nitrogens with one attached hydrogen (secondary N) is 1. The van der Waals surface area contributed by atoms with E-state index >= 15 is 0 Å². The van der Waals surface area contributed by atoms with Crippen molar-refractivity contribution in [2.75, 3.05) is 0 Å². The fraction of sp³-hybridized carbons (Fsp3) is 0. The highest BCUT2D eigenvalue weighted by atomic mass is 16.2. The summed E-state index contributed by atoms with van der Waals surface area (Å²) in [6.45, 7) is 6.72. The molecule has 3 heteroatoms. The van der Waals surface area contributed by atoms with Crippen molar-refractivity contribution in [3.8, 4) is 0 Å². The van der Waals surface area contributed by atoms with E-state index in [9.17, 15) is 9.59 Å². The van der Waals surface area contributed by atoms with Crippen LogP contribution in [0.5, 0.6) is 0 Å². The molecule has 0 bridgehead atoms. The summed E-state index contributed by atoms with van der Waals surface area (Å²) in [5.74, 6) is -0.695. The lowest BCUT2D eigenvalue weighted by atomic mass is 10.1. The standard InChI is InChI=1S/C12H9NO2.C4H6/c14-11-8-10(12(15)13-11)7-6-9-4-2-1-3-5-9;1-3-4-2/h1-8H,(H,13,14,15);3-4H,1-2H2. The summed E-state index contributed by atoms with van der Waals surface area (Å²) in [6.07, 6.45) is 8.00. The summed E-state index contributed by atoms with van der Waals surface area (Å²) in [6, 6.07) is 9.59. The van der Waals surface area contributed by atoms with Crippen LogP contribution in [0.1, 0.15) is 5.56 Å². The molecule has 0 spiro atoms. The van der Waals surface area contributed by atoms with Gasteiger partial charge >= 0.3 is 0 Å². The fourth-order valence-electron chi connectivity index (χ4n) is 1.30. The summed E-state index contributed by atoms with van der Waals surface area (Å²) >= 11 is 0. The van der Waals surface area contributed by atoms with Gasteiger partial charge in [-0.05, 0) is 11.6 Å². The number of rotatable bonds is 3. The van der Waals surface area contributed by atoms with Crippen LogP contribution in [0.3, 0.4) is 0 Å². The van der Waals surface area contributed by atoms with Crippen LogP contribution >= 0.6 is 0 Å². The van der Waals surface area contributed by atoms with E-state index in [1.807, 2.05) is 30.3 Å². The molecule has 0 radical (unpaired) electrons. The first-order valence-corrected chi connectivity index (χ1v) is 5.71. The zero-order valence-electron chi connectivity index (χ0n) is 10.5. The van der Waals surface area contributed by atoms with Gasteiger partial charge < -0.3 is 0 Å². The summed E-state index contributed by atoms with van der Waals surface area (Å²) in [5, 5.41) is 2.18. The maximum Gasteiger partial charge on any atom is 0.258 e. The first kappa shape index (κ1) is 14.4. The second kappa shape index (κ2) is 7.61. The lowest BCUT2D eigenvalue weighted by Gasteiger charge is -1.92. The Morgan fingerprint density at radius 2 is 1.58 bits per heavy atom. The Labute approximate surface area is 112 Å². The zero-order chi connectivity index (χ0) is 14.1. The van der Waals surface area contributed by atoms with E-state index in [1.165, 1.54) is 6.08 Å². The minimum atomic E-state index is -0.354. The summed E-state index contributed by atoms with van der Waals surface area (Å²) in [5.41, 5.74) is 1.38. The van der Waals surface area contributed by atoms with Crippen LogP contribution in [0.2, 0.25) is 0 Å². The van der Waals surface area contributed by atoms with Gasteiger partial charge in [0.15, 0.2) is 0 Å². The minimum absolute atomic E-state index is 0.341. The van der Waals surface area contributed by atoms with Gasteiger partial charge in [0.1, 0.15) is 0 Å². The number of carbonyl (C=O) groups excluding carboxylic acids is 2. The van der Waals surface area contributed by atoms with Crippen molar-refractivity contribution in [3.05, 3.63) is 78.9 Å². The Hall–Kier alpha value is -2.68. The lowest BCUT2D eigenvalue weighted by Crippen LogP contribution is -2.21. The lowest BCUT2D eigenvalue weighted by molar-refractivity contribution is -0.123. The molecule has 0 saturated carbocycles. The number of carbonyl (C=O) groups is 2. The van der Waals surface area contributed by atoms with Gasteiger partial charge in [0.05, 0.1) is 0 Å². The van der Waals surface area contributed by atoms with Crippen LogP contribution in [0.15, 0.2) is 73.4 Å². The van der Waals surface area contributed by atoms with Crippen molar-refractivity contribution in [3.63, 3.8) is 0 Å². The van der Waals surface area contributed by atoms with E-state index in [2.05, 4.69) is 18.5 Å². The molecule has 0 aromatic heterocycles. The number of hydrogen-bond acceptors (Lipinski definition) is 2. The van der Waals surface area contributed by atoms with Crippen molar-refractivity contribution in [2.45, 2.75) is 0 Å².